The number of rotatable bonds is 8. The number of carbonyl (C=O) groups excluding carboxylic acids is 1. The predicted octanol–water partition coefficient (Wildman–Crippen LogP) is 5.13. The van der Waals surface area contributed by atoms with Gasteiger partial charge in [-0.1, -0.05) is 13.0 Å². The third-order valence-electron chi connectivity index (χ3n) is 3.27. The van der Waals surface area contributed by atoms with Gasteiger partial charge in [-0.15, -0.1) is 0 Å². The van der Waals surface area contributed by atoms with Gasteiger partial charge in [-0.25, -0.2) is 0 Å². The summed E-state index contributed by atoms with van der Waals surface area (Å²) in [5.41, 5.74) is 1.65. The fourth-order valence-electron chi connectivity index (χ4n) is 2.12. The molecule has 0 spiro atoms. The number of ether oxygens (including phenoxy) is 2. The zero-order valence-corrected chi connectivity index (χ0v) is 16.6. The van der Waals surface area contributed by atoms with Gasteiger partial charge < -0.3 is 14.8 Å². The Kier molecular flexibility index (Phi) is 7.78. The summed E-state index contributed by atoms with van der Waals surface area (Å²) in [6, 6.07) is 13.3. The second-order valence-corrected chi connectivity index (χ2v) is 6.56. The maximum Gasteiger partial charge on any atom is 0.248 e. The van der Waals surface area contributed by atoms with E-state index in [2.05, 4.69) is 34.8 Å². The lowest BCUT2D eigenvalue weighted by atomic mass is 10.2. The SMILES string of the molecule is CCCOc1ccc(/C=C/C(=O)Nc2ccc(I)cc2)cc1OCC. The van der Waals surface area contributed by atoms with Gasteiger partial charge in [0.15, 0.2) is 11.5 Å². The first-order chi connectivity index (χ1) is 12.1. The molecule has 0 heterocycles. The van der Waals surface area contributed by atoms with Crippen molar-refractivity contribution in [1.82, 2.24) is 0 Å². The number of benzene rings is 2. The highest BCUT2D eigenvalue weighted by Gasteiger charge is 2.05. The number of halogens is 1. The first-order valence-electron chi connectivity index (χ1n) is 8.26. The van der Waals surface area contributed by atoms with Gasteiger partial charge >= 0.3 is 0 Å². The van der Waals surface area contributed by atoms with E-state index < -0.39 is 0 Å². The monoisotopic (exact) mass is 451 g/mol. The smallest absolute Gasteiger partial charge is 0.248 e. The van der Waals surface area contributed by atoms with Crippen LogP contribution in [0.2, 0.25) is 0 Å². The van der Waals surface area contributed by atoms with Crippen molar-refractivity contribution in [3.63, 3.8) is 0 Å². The molecule has 25 heavy (non-hydrogen) atoms. The molecule has 0 saturated heterocycles. The minimum atomic E-state index is -0.175. The van der Waals surface area contributed by atoms with Crippen molar-refractivity contribution >= 4 is 40.3 Å². The lowest BCUT2D eigenvalue weighted by Crippen LogP contribution is -2.07. The Balaban J connectivity index is 2.04. The number of nitrogens with one attached hydrogen (secondary N) is 1. The molecule has 0 aliphatic carbocycles. The van der Waals surface area contributed by atoms with E-state index in [9.17, 15) is 4.79 Å². The van der Waals surface area contributed by atoms with Crippen molar-refractivity contribution in [2.75, 3.05) is 18.5 Å². The van der Waals surface area contributed by atoms with Gasteiger partial charge in [-0.2, -0.15) is 0 Å². The maximum absolute atomic E-state index is 12.0. The second kappa shape index (κ2) is 10.1. The minimum Gasteiger partial charge on any atom is -0.490 e. The Morgan fingerprint density at radius 1 is 1.08 bits per heavy atom. The van der Waals surface area contributed by atoms with Crippen LogP contribution in [0.25, 0.3) is 6.08 Å². The summed E-state index contributed by atoms with van der Waals surface area (Å²) in [6.07, 6.45) is 4.20. The van der Waals surface area contributed by atoms with E-state index in [1.807, 2.05) is 49.4 Å². The second-order valence-electron chi connectivity index (χ2n) is 5.32. The first-order valence-corrected chi connectivity index (χ1v) is 9.34. The van der Waals surface area contributed by atoms with Crippen LogP contribution in [0.3, 0.4) is 0 Å². The molecule has 5 heteroatoms. The molecule has 0 radical (unpaired) electrons. The molecule has 2 aromatic rings. The normalized spacial score (nSPS) is 10.7. The fourth-order valence-corrected chi connectivity index (χ4v) is 2.48. The Morgan fingerprint density at radius 3 is 2.52 bits per heavy atom. The van der Waals surface area contributed by atoms with E-state index in [4.69, 9.17) is 9.47 Å². The van der Waals surface area contributed by atoms with Gasteiger partial charge in [0.25, 0.3) is 0 Å². The van der Waals surface area contributed by atoms with E-state index >= 15 is 0 Å². The number of amides is 1. The largest absolute Gasteiger partial charge is 0.490 e. The molecule has 0 unspecified atom stereocenters. The zero-order chi connectivity index (χ0) is 18.1. The number of hydrogen-bond donors (Lipinski definition) is 1. The highest BCUT2D eigenvalue weighted by atomic mass is 127. The predicted molar refractivity (Wildman–Crippen MR) is 110 cm³/mol. The minimum absolute atomic E-state index is 0.175. The van der Waals surface area contributed by atoms with Gasteiger partial charge in [-0.3, -0.25) is 4.79 Å². The van der Waals surface area contributed by atoms with Crippen LogP contribution in [0.15, 0.2) is 48.5 Å². The molecule has 4 nitrogen and oxygen atoms in total. The van der Waals surface area contributed by atoms with Gasteiger partial charge in [0.2, 0.25) is 5.91 Å². The summed E-state index contributed by atoms with van der Waals surface area (Å²) >= 11 is 2.23. The van der Waals surface area contributed by atoms with Crippen LogP contribution in [0.1, 0.15) is 25.8 Å². The van der Waals surface area contributed by atoms with Crippen LogP contribution >= 0.6 is 22.6 Å². The standard InChI is InChI=1S/C20H22INO3/c1-3-13-25-18-11-5-15(14-19(18)24-4-2)6-12-20(23)22-17-9-7-16(21)8-10-17/h5-12,14H,3-4,13H2,1-2H3,(H,22,23)/b12-6+. The topological polar surface area (TPSA) is 47.6 Å². The van der Waals surface area contributed by atoms with Crippen molar-refractivity contribution in [2.45, 2.75) is 20.3 Å². The molecule has 0 aromatic heterocycles. The van der Waals surface area contributed by atoms with Crippen LogP contribution in [0.4, 0.5) is 5.69 Å². The van der Waals surface area contributed by atoms with Gasteiger partial charge in [0.05, 0.1) is 13.2 Å². The molecule has 0 saturated carbocycles. The van der Waals surface area contributed by atoms with E-state index in [0.29, 0.717) is 19.0 Å². The summed E-state index contributed by atoms with van der Waals surface area (Å²) in [6.45, 7) is 5.20. The third-order valence-corrected chi connectivity index (χ3v) is 3.99. The molecule has 1 N–H and O–H groups in total. The van der Waals surface area contributed by atoms with Crippen molar-refractivity contribution in [3.05, 3.63) is 57.7 Å². The Labute approximate surface area is 162 Å². The van der Waals surface area contributed by atoms with Crippen LogP contribution in [0.5, 0.6) is 11.5 Å². The van der Waals surface area contributed by atoms with E-state index in [1.54, 1.807) is 6.08 Å². The Hall–Kier alpha value is -2.02. The van der Waals surface area contributed by atoms with Crippen molar-refractivity contribution in [3.8, 4) is 11.5 Å². The van der Waals surface area contributed by atoms with Crippen molar-refractivity contribution in [2.24, 2.45) is 0 Å². The van der Waals surface area contributed by atoms with Crippen LogP contribution in [-0.2, 0) is 4.79 Å². The highest BCUT2D eigenvalue weighted by Crippen LogP contribution is 2.29. The van der Waals surface area contributed by atoms with Crippen LogP contribution in [-0.4, -0.2) is 19.1 Å². The molecule has 0 fully saturated rings. The van der Waals surface area contributed by atoms with Gasteiger partial charge in [0, 0.05) is 15.3 Å². The molecule has 0 aliphatic rings. The summed E-state index contributed by atoms with van der Waals surface area (Å²) in [5.74, 6) is 1.24. The molecule has 1 amide bonds. The van der Waals surface area contributed by atoms with E-state index in [-0.39, 0.29) is 5.91 Å². The number of hydrogen-bond acceptors (Lipinski definition) is 3. The average molecular weight is 451 g/mol. The van der Waals surface area contributed by atoms with Crippen molar-refractivity contribution in [1.29, 1.82) is 0 Å². The van der Waals surface area contributed by atoms with Crippen LogP contribution < -0.4 is 14.8 Å². The Bertz CT molecular complexity index is 726. The molecule has 0 bridgehead atoms. The summed E-state index contributed by atoms with van der Waals surface area (Å²) in [4.78, 5) is 12.0. The molecule has 0 aliphatic heterocycles. The van der Waals surface area contributed by atoms with Gasteiger partial charge in [0.1, 0.15) is 0 Å². The molecule has 132 valence electrons. The lowest BCUT2D eigenvalue weighted by molar-refractivity contribution is -0.111. The first kappa shape index (κ1) is 19.3. The summed E-state index contributed by atoms with van der Waals surface area (Å²) < 4.78 is 12.4. The zero-order valence-electron chi connectivity index (χ0n) is 14.4. The molecular formula is C20H22INO3. The molecule has 2 aromatic carbocycles. The molecule has 0 atom stereocenters. The summed E-state index contributed by atoms with van der Waals surface area (Å²) in [5, 5.41) is 2.83. The summed E-state index contributed by atoms with van der Waals surface area (Å²) in [7, 11) is 0. The average Bonchev–Trinajstić information content (AvgIpc) is 2.61. The van der Waals surface area contributed by atoms with E-state index in [1.165, 1.54) is 6.08 Å². The molecule has 2 rings (SSSR count). The third kappa shape index (κ3) is 6.42. The molecular weight excluding hydrogens is 429 g/mol. The number of carbonyl (C=O) groups is 1. The Morgan fingerprint density at radius 2 is 1.84 bits per heavy atom. The van der Waals surface area contributed by atoms with Gasteiger partial charge in [-0.05, 0) is 84.0 Å². The number of anilines is 1. The quantitative estimate of drug-likeness (QED) is 0.447. The highest BCUT2D eigenvalue weighted by molar-refractivity contribution is 14.1. The fraction of sp³-hybridized carbons (Fsp3) is 0.250. The maximum atomic E-state index is 12.0. The van der Waals surface area contributed by atoms with Crippen molar-refractivity contribution < 1.29 is 14.3 Å². The lowest BCUT2D eigenvalue weighted by Gasteiger charge is -2.12. The van der Waals surface area contributed by atoms with Crippen LogP contribution in [0, 0.1) is 3.57 Å². The van der Waals surface area contributed by atoms with E-state index in [0.717, 1.165) is 27.0 Å².